The maximum Gasteiger partial charge on any atom is 0.302 e. The molecule has 0 radical (unpaired) electrons. The number of carbonyl (C=O) groups excluding carboxylic acids is 1. The van der Waals surface area contributed by atoms with Gasteiger partial charge in [-0.3, -0.25) is 4.79 Å². The van der Waals surface area contributed by atoms with E-state index in [2.05, 4.69) is 48.1 Å². The smallest absolute Gasteiger partial charge is 0.302 e. The van der Waals surface area contributed by atoms with E-state index in [1.807, 2.05) is 18.2 Å². The molecule has 0 amide bonds. The molecule has 0 N–H and O–H groups in total. The van der Waals surface area contributed by atoms with E-state index in [1.54, 1.807) is 0 Å². The van der Waals surface area contributed by atoms with Gasteiger partial charge in [0.05, 0.1) is 6.10 Å². The third kappa shape index (κ3) is 5.79. The summed E-state index contributed by atoms with van der Waals surface area (Å²) in [7, 11) is -1.92. The van der Waals surface area contributed by atoms with Crippen molar-refractivity contribution in [1.82, 2.24) is 0 Å². The summed E-state index contributed by atoms with van der Waals surface area (Å²) < 4.78 is 11.5. The van der Waals surface area contributed by atoms with Gasteiger partial charge in [0.15, 0.2) is 0 Å². The van der Waals surface area contributed by atoms with Crippen molar-refractivity contribution in [2.24, 2.45) is 0 Å². The number of carbonyl (C=O) groups is 1. The summed E-state index contributed by atoms with van der Waals surface area (Å²) in [5.41, 5.74) is 1.59. The van der Waals surface area contributed by atoms with Crippen molar-refractivity contribution >= 4 is 14.3 Å². The molecule has 0 rings (SSSR count). The standard InChI is InChI=1S/C17H32O3Si/c1-9-17(11-10-12-19-16(8)18)20-21(13(2)3,14(4)5)15(6)7/h9-11,13-15,17H,1,12H2,2-8H3/b11-10+. The molecule has 0 saturated heterocycles. The van der Waals surface area contributed by atoms with Crippen LogP contribution in [0.15, 0.2) is 24.8 Å². The van der Waals surface area contributed by atoms with Gasteiger partial charge in [-0.2, -0.15) is 0 Å². The largest absolute Gasteiger partial charge is 0.462 e. The maximum absolute atomic E-state index is 10.8. The predicted octanol–water partition coefficient (Wildman–Crippen LogP) is 4.85. The molecule has 0 saturated carbocycles. The summed E-state index contributed by atoms with van der Waals surface area (Å²) in [5.74, 6) is -0.272. The summed E-state index contributed by atoms with van der Waals surface area (Å²) in [6.45, 7) is 19.1. The monoisotopic (exact) mass is 312 g/mol. The molecule has 122 valence electrons. The Bertz CT molecular complexity index is 337. The van der Waals surface area contributed by atoms with E-state index < -0.39 is 8.32 Å². The zero-order valence-electron chi connectivity index (χ0n) is 14.7. The minimum absolute atomic E-state index is 0.126. The highest BCUT2D eigenvalue weighted by molar-refractivity contribution is 6.77. The predicted molar refractivity (Wildman–Crippen MR) is 91.9 cm³/mol. The Balaban J connectivity index is 5.03. The molecular weight excluding hydrogens is 280 g/mol. The van der Waals surface area contributed by atoms with Crippen LogP contribution in [0.25, 0.3) is 0 Å². The summed E-state index contributed by atoms with van der Waals surface area (Å²) in [6.07, 6.45) is 5.46. The van der Waals surface area contributed by atoms with E-state index >= 15 is 0 Å². The Kier molecular flexibility index (Phi) is 8.82. The van der Waals surface area contributed by atoms with Gasteiger partial charge in [0.1, 0.15) is 6.61 Å². The third-order valence-corrected chi connectivity index (χ3v) is 10.1. The maximum atomic E-state index is 10.8. The quantitative estimate of drug-likeness (QED) is 0.347. The Morgan fingerprint density at radius 3 is 1.90 bits per heavy atom. The molecule has 0 spiro atoms. The average molecular weight is 313 g/mol. The van der Waals surface area contributed by atoms with Crippen LogP contribution >= 0.6 is 0 Å². The van der Waals surface area contributed by atoms with Crippen LogP contribution in [0.1, 0.15) is 48.5 Å². The van der Waals surface area contributed by atoms with E-state index in [9.17, 15) is 4.79 Å². The van der Waals surface area contributed by atoms with Crippen LogP contribution < -0.4 is 0 Å². The molecule has 0 fully saturated rings. The summed E-state index contributed by atoms with van der Waals surface area (Å²) in [6, 6.07) is 0. The minimum atomic E-state index is -1.92. The van der Waals surface area contributed by atoms with Gasteiger partial charge in [-0.1, -0.05) is 53.7 Å². The van der Waals surface area contributed by atoms with Gasteiger partial charge in [0.25, 0.3) is 0 Å². The molecule has 0 bridgehead atoms. The van der Waals surface area contributed by atoms with Crippen LogP contribution in [0.4, 0.5) is 0 Å². The lowest BCUT2D eigenvalue weighted by Gasteiger charge is -2.43. The van der Waals surface area contributed by atoms with Crippen LogP contribution in [-0.2, 0) is 14.0 Å². The van der Waals surface area contributed by atoms with E-state index in [4.69, 9.17) is 9.16 Å². The van der Waals surface area contributed by atoms with Gasteiger partial charge in [-0.15, -0.1) is 6.58 Å². The fourth-order valence-corrected chi connectivity index (χ4v) is 8.63. The van der Waals surface area contributed by atoms with Gasteiger partial charge in [0.2, 0.25) is 8.32 Å². The second-order valence-electron chi connectivity index (χ2n) is 6.37. The number of esters is 1. The second kappa shape index (κ2) is 9.21. The molecule has 0 aromatic carbocycles. The molecular formula is C17H32O3Si. The highest BCUT2D eigenvalue weighted by Crippen LogP contribution is 2.43. The normalized spacial score (nSPS) is 14.2. The molecule has 21 heavy (non-hydrogen) atoms. The van der Waals surface area contributed by atoms with Crippen LogP contribution in [-0.4, -0.2) is 27.0 Å². The SMILES string of the molecule is C=CC(/C=C/COC(C)=O)O[Si](C(C)C)(C(C)C)C(C)C. The van der Waals surface area contributed by atoms with Crippen molar-refractivity contribution in [3.8, 4) is 0 Å². The van der Waals surface area contributed by atoms with Gasteiger partial charge in [-0.25, -0.2) is 0 Å². The zero-order valence-corrected chi connectivity index (χ0v) is 15.7. The molecule has 0 aliphatic carbocycles. The first kappa shape index (κ1) is 20.1. The van der Waals surface area contributed by atoms with E-state index in [-0.39, 0.29) is 18.7 Å². The van der Waals surface area contributed by atoms with E-state index in [1.165, 1.54) is 6.92 Å². The number of rotatable bonds is 9. The van der Waals surface area contributed by atoms with Crippen molar-refractivity contribution < 1.29 is 14.0 Å². The second-order valence-corrected chi connectivity index (χ2v) is 11.8. The Hall–Kier alpha value is -0.873. The topological polar surface area (TPSA) is 35.5 Å². The molecule has 0 heterocycles. The first-order chi connectivity index (χ1) is 9.68. The van der Waals surface area contributed by atoms with Crippen molar-refractivity contribution in [3.05, 3.63) is 24.8 Å². The van der Waals surface area contributed by atoms with Crippen molar-refractivity contribution in [3.63, 3.8) is 0 Å². The summed E-state index contributed by atoms with van der Waals surface area (Å²) in [4.78, 5) is 10.8. The fraction of sp³-hybridized carbons (Fsp3) is 0.706. The molecule has 0 aromatic rings. The van der Waals surface area contributed by atoms with E-state index in [0.29, 0.717) is 16.6 Å². The van der Waals surface area contributed by atoms with Crippen molar-refractivity contribution in [2.75, 3.05) is 6.61 Å². The Labute approximate surface area is 131 Å². The molecule has 0 aromatic heterocycles. The van der Waals surface area contributed by atoms with Crippen LogP contribution in [0, 0.1) is 0 Å². The highest BCUT2D eigenvalue weighted by Gasteiger charge is 2.45. The van der Waals surface area contributed by atoms with E-state index in [0.717, 1.165) is 0 Å². The Morgan fingerprint density at radius 1 is 1.10 bits per heavy atom. The van der Waals surface area contributed by atoms with Gasteiger partial charge in [0, 0.05) is 6.92 Å². The van der Waals surface area contributed by atoms with Crippen molar-refractivity contribution in [1.29, 1.82) is 0 Å². The van der Waals surface area contributed by atoms with Crippen molar-refractivity contribution in [2.45, 2.75) is 71.2 Å². The molecule has 0 aliphatic rings. The van der Waals surface area contributed by atoms with Crippen LogP contribution in [0.3, 0.4) is 0 Å². The zero-order chi connectivity index (χ0) is 16.6. The number of hydrogen-bond donors (Lipinski definition) is 0. The van der Waals surface area contributed by atoms with Crippen LogP contribution in [0.2, 0.25) is 16.6 Å². The lowest BCUT2D eigenvalue weighted by Crippen LogP contribution is -2.49. The first-order valence-electron chi connectivity index (χ1n) is 7.78. The molecule has 4 heteroatoms. The highest BCUT2D eigenvalue weighted by atomic mass is 28.4. The minimum Gasteiger partial charge on any atom is -0.462 e. The first-order valence-corrected chi connectivity index (χ1v) is 9.92. The van der Waals surface area contributed by atoms with Gasteiger partial charge in [-0.05, 0) is 22.7 Å². The van der Waals surface area contributed by atoms with Gasteiger partial charge >= 0.3 is 5.97 Å². The molecule has 1 unspecified atom stereocenters. The Morgan fingerprint density at radius 2 is 1.57 bits per heavy atom. The van der Waals surface area contributed by atoms with Crippen LogP contribution in [0.5, 0.6) is 0 Å². The van der Waals surface area contributed by atoms with Gasteiger partial charge < -0.3 is 9.16 Å². The molecule has 3 nitrogen and oxygen atoms in total. The average Bonchev–Trinajstić information content (AvgIpc) is 2.36. The number of ether oxygens (including phenoxy) is 1. The summed E-state index contributed by atoms with van der Waals surface area (Å²) in [5, 5.41) is 0. The fourth-order valence-electron chi connectivity index (χ4n) is 3.17. The molecule has 1 atom stereocenters. The third-order valence-electron chi connectivity index (χ3n) is 3.99. The molecule has 0 aliphatic heterocycles. The lowest BCUT2D eigenvalue weighted by atomic mass is 10.3. The lowest BCUT2D eigenvalue weighted by molar-refractivity contribution is -0.139. The number of hydrogen-bond acceptors (Lipinski definition) is 3. The summed E-state index contributed by atoms with van der Waals surface area (Å²) >= 11 is 0.